The molecule has 4 heteroatoms. The highest BCUT2D eigenvalue weighted by Crippen LogP contribution is 2.23. The molecule has 1 aromatic carbocycles. The lowest BCUT2D eigenvalue weighted by Crippen LogP contribution is -2.35. The molecule has 0 aliphatic carbocycles. The lowest BCUT2D eigenvalue weighted by atomic mass is 9.94. The van der Waals surface area contributed by atoms with Crippen LogP contribution in [0.3, 0.4) is 0 Å². The van der Waals surface area contributed by atoms with E-state index >= 15 is 0 Å². The molecule has 1 aliphatic rings. The average molecular weight is 263 g/mol. The van der Waals surface area contributed by atoms with Crippen LogP contribution in [0.5, 0.6) is 0 Å². The zero-order valence-electron chi connectivity index (χ0n) is 11.5. The summed E-state index contributed by atoms with van der Waals surface area (Å²) in [5, 5.41) is 18.9. The van der Waals surface area contributed by atoms with Gasteiger partial charge in [0.1, 0.15) is 0 Å². The summed E-state index contributed by atoms with van der Waals surface area (Å²) in [6.45, 7) is 6.08. The Hall–Kier alpha value is -1.39. The van der Waals surface area contributed by atoms with Crippen molar-refractivity contribution < 1.29 is 15.0 Å². The van der Waals surface area contributed by atoms with Gasteiger partial charge in [0.25, 0.3) is 0 Å². The van der Waals surface area contributed by atoms with E-state index in [0.717, 1.165) is 43.6 Å². The van der Waals surface area contributed by atoms with Gasteiger partial charge in [-0.15, -0.1) is 0 Å². The molecule has 19 heavy (non-hydrogen) atoms. The van der Waals surface area contributed by atoms with E-state index < -0.39 is 11.6 Å². The number of nitrogens with zero attached hydrogens (tertiary/aromatic N) is 1. The van der Waals surface area contributed by atoms with Gasteiger partial charge in [0.05, 0.1) is 11.2 Å². The SMILES string of the molecule is CC(C)(O)CCN1CCc2c(cccc2C(=O)O)C1. The van der Waals surface area contributed by atoms with Crippen LogP contribution >= 0.6 is 0 Å². The van der Waals surface area contributed by atoms with Crippen LogP contribution < -0.4 is 0 Å². The zero-order chi connectivity index (χ0) is 14.0. The molecule has 0 unspecified atom stereocenters. The lowest BCUT2D eigenvalue weighted by molar-refractivity contribution is 0.0557. The van der Waals surface area contributed by atoms with Crippen molar-refractivity contribution in [1.82, 2.24) is 4.90 Å². The normalized spacial score (nSPS) is 16.2. The Morgan fingerprint density at radius 2 is 2.16 bits per heavy atom. The van der Waals surface area contributed by atoms with Gasteiger partial charge in [0.2, 0.25) is 0 Å². The molecule has 0 saturated carbocycles. The highest BCUT2D eigenvalue weighted by molar-refractivity contribution is 5.89. The Labute approximate surface area is 113 Å². The summed E-state index contributed by atoms with van der Waals surface area (Å²) in [5.74, 6) is -0.846. The van der Waals surface area contributed by atoms with Gasteiger partial charge >= 0.3 is 5.97 Å². The zero-order valence-corrected chi connectivity index (χ0v) is 11.5. The summed E-state index contributed by atoms with van der Waals surface area (Å²) in [7, 11) is 0. The number of benzene rings is 1. The molecule has 4 nitrogen and oxygen atoms in total. The molecule has 1 aliphatic heterocycles. The van der Waals surface area contributed by atoms with Crippen molar-refractivity contribution >= 4 is 5.97 Å². The monoisotopic (exact) mass is 263 g/mol. The molecule has 0 spiro atoms. The molecule has 1 heterocycles. The van der Waals surface area contributed by atoms with Crippen LogP contribution in [0.4, 0.5) is 0 Å². The molecule has 2 rings (SSSR count). The summed E-state index contributed by atoms with van der Waals surface area (Å²) in [5.41, 5.74) is 1.85. The van der Waals surface area contributed by atoms with Crippen LogP contribution in [0.2, 0.25) is 0 Å². The quantitative estimate of drug-likeness (QED) is 0.871. The van der Waals surface area contributed by atoms with E-state index in [4.69, 9.17) is 0 Å². The number of carboxylic acids is 1. The molecular formula is C15H21NO3. The highest BCUT2D eigenvalue weighted by Gasteiger charge is 2.22. The number of carbonyl (C=O) groups is 1. The van der Waals surface area contributed by atoms with E-state index in [9.17, 15) is 15.0 Å². The second kappa shape index (κ2) is 5.31. The van der Waals surface area contributed by atoms with Crippen LogP contribution in [0.1, 0.15) is 41.8 Å². The van der Waals surface area contributed by atoms with E-state index in [1.807, 2.05) is 26.0 Å². The molecule has 0 radical (unpaired) electrons. The Kier molecular flexibility index (Phi) is 3.92. The summed E-state index contributed by atoms with van der Waals surface area (Å²) < 4.78 is 0. The molecule has 2 N–H and O–H groups in total. The number of carboxylic acid groups (broad SMARTS) is 1. The molecule has 1 aromatic rings. The van der Waals surface area contributed by atoms with Gasteiger partial charge in [-0.05, 0) is 43.9 Å². The molecule has 0 bridgehead atoms. The minimum atomic E-state index is -0.846. The van der Waals surface area contributed by atoms with E-state index in [1.54, 1.807) is 6.07 Å². The van der Waals surface area contributed by atoms with E-state index in [0.29, 0.717) is 5.56 Å². The number of rotatable bonds is 4. The van der Waals surface area contributed by atoms with Gasteiger partial charge in [-0.25, -0.2) is 4.79 Å². The van der Waals surface area contributed by atoms with E-state index in [-0.39, 0.29) is 0 Å². The molecule has 104 valence electrons. The number of hydrogen-bond acceptors (Lipinski definition) is 3. The number of fused-ring (bicyclic) bond motifs is 1. The van der Waals surface area contributed by atoms with Crippen molar-refractivity contribution in [3.63, 3.8) is 0 Å². The second-order valence-corrected chi connectivity index (χ2v) is 5.84. The van der Waals surface area contributed by atoms with Crippen molar-refractivity contribution in [3.8, 4) is 0 Å². The van der Waals surface area contributed by atoms with Gasteiger partial charge in [-0.2, -0.15) is 0 Å². The average Bonchev–Trinajstić information content (AvgIpc) is 2.34. The third kappa shape index (κ3) is 3.55. The van der Waals surface area contributed by atoms with Crippen molar-refractivity contribution in [2.75, 3.05) is 13.1 Å². The first-order chi connectivity index (χ1) is 8.87. The standard InChI is InChI=1S/C15H21NO3/c1-15(2,19)7-9-16-8-6-12-11(10-16)4-3-5-13(12)14(17)18/h3-5,19H,6-10H2,1-2H3,(H,17,18). The maximum Gasteiger partial charge on any atom is 0.335 e. The van der Waals surface area contributed by atoms with Crippen LogP contribution in [0, 0.1) is 0 Å². The molecular weight excluding hydrogens is 242 g/mol. The maximum atomic E-state index is 11.2. The molecule has 0 atom stereocenters. The second-order valence-electron chi connectivity index (χ2n) is 5.84. The smallest absolute Gasteiger partial charge is 0.335 e. The fourth-order valence-corrected chi connectivity index (χ4v) is 2.49. The number of aliphatic hydroxyl groups is 1. The fourth-order valence-electron chi connectivity index (χ4n) is 2.49. The molecule has 0 saturated heterocycles. The first-order valence-electron chi connectivity index (χ1n) is 6.65. The van der Waals surface area contributed by atoms with Gasteiger partial charge in [0, 0.05) is 19.6 Å². The Balaban J connectivity index is 2.08. The van der Waals surface area contributed by atoms with Gasteiger partial charge in [-0.3, -0.25) is 4.90 Å². The van der Waals surface area contributed by atoms with Crippen molar-refractivity contribution in [1.29, 1.82) is 0 Å². The molecule has 0 amide bonds. The predicted octanol–water partition coefficient (Wildman–Crippen LogP) is 1.90. The van der Waals surface area contributed by atoms with Crippen LogP contribution in [-0.2, 0) is 13.0 Å². The minimum Gasteiger partial charge on any atom is -0.478 e. The van der Waals surface area contributed by atoms with Crippen LogP contribution in [-0.4, -0.2) is 39.8 Å². The minimum absolute atomic E-state index is 0.430. The number of hydrogen-bond donors (Lipinski definition) is 2. The van der Waals surface area contributed by atoms with Crippen molar-refractivity contribution in [2.24, 2.45) is 0 Å². The Morgan fingerprint density at radius 1 is 1.42 bits per heavy atom. The van der Waals surface area contributed by atoms with Gasteiger partial charge in [-0.1, -0.05) is 12.1 Å². The summed E-state index contributed by atoms with van der Waals surface area (Å²) in [4.78, 5) is 13.4. The summed E-state index contributed by atoms with van der Waals surface area (Å²) >= 11 is 0. The van der Waals surface area contributed by atoms with Crippen molar-refractivity contribution in [3.05, 3.63) is 34.9 Å². The number of aromatic carboxylic acids is 1. The van der Waals surface area contributed by atoms with Gasteiger partial charge < -0.3 is 10.2 Å². The first-order valence-corrected chi connectivity index (χ1v) is 6.65. The largest absolute Gasteiger partial charge is 0.478 e. The maximum absolute atomic E-state index is 11.2. The highest BCUT2D eigenvalue weighted by atomic mass is 16.4. The summed E-state index contributed by atoms with van der Waals surface area (Å²) in [6.07, 6.45) is 1.49. The van der Waals surface area contributed by atoms with E-state index in [1.165, 1.54) is 0 Å². The van der Waals surface area contributed by atoms with Crippen molar-refractivity contribution in [2.45, 2.75) is 38.8 Å². The lowest BCUT2D eigenvalue weighted by Gasteiger charge is -2.31. The van der Waals surface area contributed by atoms with Crippen LogP contribution in [0.25, 0.3) is 0 Å². The van der Waals surface area contributed by atoms with Crippen LogP contribution in [0.15, 0.2) is 18.2 Å². The van der Waals surface area contributed by atoms with Gasteiger partial charge in [0.15, 0.2) is 0 Å². The van der Waals surface area contributed by atoms with E-state index in [2.05, 4.69) is 4.90 Å². The predicted molar refractivity (Wildman–Crippen MR) is 73.3 cm³/mol. The first kappa shape index (κ1) is 14.0. The topological polar surface area (TPSA) is 60.8 Å². The Bertz CT molecular complexity index is 477. The third-order valence-corrected chi connectivity index (χ3v) is 3.62. The summed E-state index contributed by atoms with van der Waals surface area (Å²) in [6, 6.07) is 5.48. The molecule has 0 fully saturated rings. The Morgan fingerprint density at radius 3 is 2.79 bits per heavy atom. The third-order valence-electron chi connectivity index (χ3n) is 3.62. The molecule has 0 aromatic heterocycles. The fraction of sp³-hybridized carbons (Fsp3) is 0.533.